The van der Waals surface area contributed by atoms with Crippen LogP contribution in [-0.4, -0.2) is 123 Å². The highest BCUT2D eigenvalue weighted by Gasteiger charge is 2.74. The molecule has 0 amide bonds. The highest BCUT2D eigenvalue weighted by molar-refractivity contribution is 5.68. The second kappa shape index (κ2) is 33.8. The molecule has 24 aliphatic rings. The molecule has 6 aromatic rings. The fourth-order valence-electron chi connectivity index (χ4n) is 44.0. The summed E-state index contributed by atoms with van der Waals surface area (Å²) in [6.07, 6.45) is 79.0. The smallest absolute Gasteiger partial charge is 0.152 e. The lowest BCUT2D eigenvalue weighted by molar-refractivity contribution is -0.133. The van der Waals surface area contributed by atoms with Gasteiger partial charge in [0.25, 0.3) is 0 Å². The molecule has 0 aromatic carbocycles. The molecule has 6 spiro atoms. The molecule has 12 bridgehead atoms. The van der Waals surface area contributed by atoms with Crippen LogP contribution >= 0.6 is 0 Å². The standard InChI is InChI=1S/C22H30O3.2C21H28O3.C21H26O3.C20H26O3.C20H24O3/c1-20-9-7-18-16(8-11-25-18)17(20)6-10-21-12-15(4-5-19(20)21)22(13-21,24-3)14-23-2;1-19-8-6-17-15(7-10-24-17)16(19)5-9-20-11-14(3-4-18(19)20)21(22,12-20)13-23-2;2*1-19-8-6-17-15(7-10-24-17)16(19)5-9-20-11-14(3-4-18(19)20)21(12-20,13-22)23-2;2*1-18-7-5-16-14(6-9-23-16)15(18)4-8-19-10-13(2-3-17(18)19)20(22,11-19)12-21/h7-9,11,15,17,19H,4-6,10,12-14H2,1-3H3;6-8,10,14,16,18,22H,3-5,9,11-13H2,1-2H3;7,10,13-14,16,18H,3-6,8-9,11-12H2,1-2H3;6-8,10,13-14,16,18H,3-5,9,11-12H2,1-2H3;6,9,12-13,15,17,22H,2-5,7-8,10-11H2,1H3;5-7,9,12-13,15,17,22H,2-4,8,10-11H2,1H3/t15-,17-,19+,20-,21+,22+;3*14-,16-,18+,19-,20+,21+;2*13-,15-,17+,18-,19+,20+/m111111/s1. The molecule has 3 N–H and O–H groups in total. The average molecular weight is 1950 g/mol. The van der Waals surface area contributed by atoms with Crippen LogP contribution in [0.15, 0.2) is 125 Å². The van der Waals surface area contributed by atoms with E-state index in [0.717, 1.165) is 169 Å². The second-order valence-electron chi connectivity index (χ2n) is 54.3. The number of fused-ring (bicyclic) bond motifs is 30. The zero-order valence-electron chi connectivity index (χ0n) is 87.4. The molecule has 36 atom stereocenters. The van der Waals surface area contributed by atoms with Crippen molar-refractivity contribution in [2.75, 3.05) is 48.8 Å². The van der Waals surface area contributed by atoms with Crippen LogP contribution in [0, 0.1) is 136 Å². The van der Waals surface area contributed by atoms with Crippen molar-refractivity contribution < 1.29 is 84.7 Å². The molecule has 0 aliphatic heterocycles. The van der Waals surface area contributed by atoms with Crippen LogP contribution in [0.5, 0.6) is 0 Å². The fraction of sp³-hybridized carbons (Fsp3) is 0.712. The normalized spacial score (nSPS) is 49.0. The lowest BCUT2D eigenvalue weighted by Gasteiger charge is -2.59. The van der Waals surface area contributed by atoms with Gasteiger partial charge in [-0.3, -0.25) is 0 Å². The topological polar surface area (TPSA) is 254 Å². The number of ether oxygens (including phenoxy) is 5. The third-order valence-corrected chi connectivity index (χ3v) is 49.7. The van der Waals surface area contributed by atoms with Crippen molar-refractivity contribution in [1.29, 1.82) is 0 Å². The maximum atomic E-state index is 11.9. The van der Waals surface area contributed by atoms with E-state index in [1.807, 2.05) is 51.8 Å². The van der Waals surface area contributed by atoms with Gasteiger partial charge in [-0.1, -0.05) is 65.8 Å². The Kier molecular flexibility index (Phi) is 22.9. The molecule has 18 fully saturated rings. The largest absolute Gasteiger partial charge is 0.469 e. The van der Waals surface area contributed by atoms with E-state index in [2.05, 4.69) is 127 Å². The molecule has 18 nitrogen and oxygen atoms in total. The molecule has 18 saturated carbocycles. The minimum absolute atomic E-state index is 0.0636. The third-order valence-electron chi connectivity index (χ3n) is 49.7. The van der Waals surface area contributed by atoms with Crippen LogP contribution in [0.3, 0.4) is 0 Å². The van der Waals surface area contributed by atoms with Crippen molar-refractivity contribution >= 4 is 49.4 Å². The van der Waals surface area contributed by atoms with E-state index in [-0.39, 0.29) is 55.3 Å². The molecule has 770 valence electrons. The van der Waals surface area contributed by atoms with Crippen LogP contribution in [0.1, 0.15) is 389 Å². The number of aliphatic hydroxyl groups is 3. The van der Waals surface area contributed by atoms with Gasteiger partial charge in [0.2, 0.25) is 0 Å². The summed E-state index contributed by atoms with van der Waals surface area (Å²) >= 11 is 0. The molecule has 0 radical (unpaired) electrons. The van der Waals surface area contributed by atoms with Crippen LogP contribution in [0.2, 0.25) is 0 Å². The Morgan fingerprint density at radius 2 is 0.601 bits per heavy atom. The summed E-state index contributed by atoms with van der Waals surface area (Å²) in [4.78, 5) is 47.0. The first kappa shape index (κ1) is 96.8. The molecule has 30 rings (SSSR count). The van der Waals surface area contributed by atoms with Gasteiger partial charge >= 0.3 is 0 Å². The molecule has 0 unspecified atom stereocenters. The molecular formula is C125H162O18. The summed E-state index contributed by atoms with van der Waals surface area (Å²) < 4.78 is 62.9. The Hall–Kier alpha value is -7.00. The first-order valence-electron chi connectivity index (χ1n) is 56.6. The summed E-state index contributed by atoms with van der Waals surface area (Å²) in [6, 6.07) is 13.1. The molecule has 6 heterocycles. The van der Waals surface area contributed by atoms with E-state index in [1.54, 1.807) is 21.3 Å². The summed E-state index contributed by atoms with van der Waals surface area (Å²) in [7, 11) is 8.91. The number of carbonyl (C=O) groups excluding carboxylic acids is 4. The SMILES string of the molecule is COC[C@@]1(O)C[C@@]23CC[C@@H]4c5ccoc5C=C[C@@]4(C)[C@@H]2CC[C@@H]1C3.COC[C@@]1(OC)C[C@@]23CC[C@@H]4c5ccoc5C=C[C@@]4(C)[C@@H]2CC[C@@H]1C3.CO[C@]1(C=O)C[C@@]23CC[C@@H]4c5ccoc5C=C[C@@]4(C)[C@@H]2CC[C@@H]1C3.CO[C@]1(C=O)C[C@@]23CC[C@@H]4c5ccoc5CC[C@@]4(C)[C@@H]2CC[C@@H]1C3.C[C@@]12C=Cc3occc3[C@H]1CC[C@@]13C[C@@H](CC[C@H]12)[C@@](O)(C=O)C3.C[C@@]12CCc3occc3[C@H]1CC[C@@]13C[C@@H](CC[C@H]12)[C@@](O)(C=O)C3. The van der Waals surface area contributed by atoms with Gasteiger partial charge in [-0.2, -0.15) is 0 Å². The highest BCUT2D eigenvalue weighted by Crippen LogP contribution is 2.80. The van der Waals surface area contributed by atoms with Crippen molar-refractivity contribution in [2.45, 2.75) is 367 Å². The number of allylic oxidation sites excluding steroid dienone is 4. The minimum Gasteiger partial charge on any atom is -0.469 e. The van der Waals surface area contributed by atoms with Crippen molar-refractivity contribution in [3.63, 3.8) is 0 Å². The van der Waals surface area contributed by atoms with E-state index < -0.39 is 28.0 Å². The third kappa shape index (κ3) is 13.7. The Bertz CT molecular complexity index is 6000. The number of rotatable bonds is 11. The Labute approximate surface area is 847 Å². The Balaban J connectivity index is 0.0000000900. The Morgan fingerprint density at radius 3 is 0.972 bits per heavy atom. The van der Waals surface area contributed by atoms with Crippen molar-refractivity contribution in [3.8, 4) is 0 Å². The summed E-state index contributed by atoms with van der Waals surface area (Å²) in [5, 5.41) is 32.9. The zero-order chi connectivity index (χ0) is 98.8. The lowest BCUT2D eigenvalue weighted by Crippen LogP contribution is -2.51. The van der Waals surface area contributed by atoms with Gasteiger partial charge in [0.05, 0.1) is 62.0 Å². The van der Waals surface area contributed by atoms with Gasteiger partial charge in [0.1, 0.15) is 57.0 Å². The summed E-state index contributed by atoms with van der Waals surface area (Å²) in [5.41, 5.74) is 7.75. The Morgan fingerprint density at radius 1 is 0.301 bits per heavy atom. The van der Waals surface area contributed by atoms with Gasteiger partial charge in [-0.05, 0) is 487 Å². The predicted molar refractivity (Wildman–Crippen MR) is 545 cm³/mol. The van der Waals surface area contributed by atoms with E-state index in [9.17, 15) is 34.5 Å². The zero-order valence-corrected chi connectivity index (χ0v) is 87.4. The number of furan rings is 6. The van der Waals surface area contributed by atoms with Crippen molar-refractivity contribution in [2.24, 2.45) is 136 Å². The quantitative estimate of drug-likeness (QED) is 0.102. The van der Waals surface area contributed by atoms with E-state index in [4.69, 9.17) is 50.2 Å². The molecule has 6 aromatic heterocycles. The number of hydrogen-bond donors (Lipinski definition) is 3. The summed E-state index contributed by atoms with van der Waals surface area (Å²) in [6.45, 7) is 16.1. The van der Waals surface area contributed by atoms with E-state index in [0.29, 0.717) is 129 Å². The van der Waals surface area contributed by atoms with Gasteiger partial charge in [0, 0.05) is 70.6 Å². The van der Waals surface area contributed by atoms with Crippen LogP contribution in [0.25, 0.3) is 24.3 Å². The summed E-state index contributed by atoms with van der Waals surface area (Å²) in [5.74, 6) is 16.4. The van der Waals surface area contributed by atoms with E-state index in [1.165, 1.54) is 186 Å². The second-order valence-corrected chi connectivity index (χ2v) is 54.3. The van der Waals surface area contributed by atoms with Gasteiger partial charge in [-0.15, -0.1) is 0 Å². The number of hydrogen-bond acceptors (Lipinski definition) is 18. The number of aryl methyl sites for hydroxylation is 2. The van der Waals surface area contributed by atoms with Crippen molar-refractivity contribution in [1.82, 2.24) is 0 Å². The monoisotopic (exact) mass is 1950 g/mol. The maximum absolute atomic E-state index is 11.9. The first-order chi connectivity index (χ1) is 68.7. The number of carbonyl (C=O) groups is 4. The van der Waals surface area contributed by atoms with Crippen LogP contribution in [-0.2, 0) is 55.7 Å². The molecule has 0 saturated heterocycles. The molecule has 24 aliphatic carbocycles. The van der Waals surface area contributed by atoms with Crippen LogP contribution in [0.4, 0.5) is 0 Å². The van der Waals surface area contributed by atoms with Gasteiger partial charge in [0.15, 0.2) is 25.1 Å². The van der Waals surface area contributed by atoms with E-state index >= 15 is 0 Å². The van der Waals surface area contributed by atoms with Crippen LogP contribution < -0.4 is 0 Å². The average Bonchev–Trinajstić information content (AvgIpc) is 1.59. The molecule has 143 heavy (non-hydrogen) atoms. The number of aldehydes is 4. The lowest BCUT2D eigenvalue weighted by atomic mass is 9.45. The molecule has 18 heteroatoms. The minimum atomic E-state index is -1.07. The first-order valence-corrected chi connectivity index (χ1v) is 56.6. The predicted octanol–water partition coefficient (Wildman–Crippen LogP) is 26.3. The fourth-order valence-corrected chi connectivity index (χ4v) is 44.0. The van der Waals surface area contributed by atoms with Gasteiger partial charge < -0.3 is 84.7 Å². The molecular weight excluding hydrogens is 1790 g/mol. The maximum Gasteiger partial charge on any atom is 0.152 e. The highest BCUT2D eigenvalue weighted by atomic mass is 16.5. The van der Waals surface area contributed by atoms with Gasteiger partial charge in [-0.25, -0.2) is 0 Å². The van der Waals surface area contributed by atoms with Crippen molar-refractivity contribution in [3.05, 3.63) is 166 Å². The number of methoxy groups -OCH3 is 5.